The summed E-state index contributed by atoms with van der Waals surface area (Å²) in [6.07, 6.45) is 2.08. The van der Waals surface area contributed by atoms with Crippen LogP contribution >= 0.6 is 0 Å². The summed E-state index contributed by atoms with van der Waals surface area (Å²) in [6.45, 7) is 3.13. The Hall–Kier alpha value is -1.10. The van der Waals surface area contributed by atoms with E-state index in [4.69, 9.17) is 4.74 Å². The number of carbonyl (C=O) groups excluding carboxylic acids is 2. The second-order valence-corrected chi connectivity index (χ2v) is 3.88. The molecule has 1 heterocycles. The molecule has 0 saturated carbocycles. The van der Waals surface area contributed by atoms with Gasteiger partial charge >= 0.3 is 5.97 Å². The Morgan fingerprint density at radius 3 is 2.56 bits per heavy atom. The van der Waals surface area contributed by atoms with Gasteiger partial charge < -0.3 is 14.8 Å². The molecule has 1 aliphatic rings. The molecule has 0 aromatic rings. The largest absolute Gasteiger partial charge is 0.468 e. The maximum Gasteiger partial charge on any atom is 0.318 e. The molecule has 5 heteroatoms. The van der Waals surface area contributed by atoms with Crippen molar-refractivity contribution < 1.29 is 19.1 Å². The first-order valence-electron chi connectivity index (χ1n) is 5.65. The molecular formula is C11H19NO4. The summed E-state index contributed by atoms with van der Waals surface area (Å²) in [5, 5.41) is 2.87. The van der Waals surface area contributed by atoms with Crippen LogP contribution in [0.25, 0.3) is 0 Å². The predicted molar refractivity (Wildman–Crippen MR) is 57.8 cm³/mol. The van der Waals surface area contributed by atoms with Gasteiger partial charge in [-0.15, -0.1) is 0 Å². The Morgan fingerprint density at radius 2 is 2.06 bits per heavy atom. The SMILES string of the molecule is CCC(C(=O)NC1CCOCC1)C(=O)OC. The number of ether oxygens (including phenoxy) is 2. The lowest BCUT2D eigenvalue weighted by Gasteiger charge is -2.24. The van der Waals surface area contributed by atoms with Gasteiger partial charge in [0.05, 0.1) is 7.11 Å². The summed E-state index contributed by atoms with van der Waals surface area (Å²) in [6, 6.07) is 0.125. The highest BCUT2D eigenvalue weighted by molar-refractivity contribution is 5.97. The lowest BCUT2D eigenvalue weighted by atomic mass is 10.0. The number of amides is 1. The van der Waals surface area contributed by atoms with Crippen molar-refractivity contribution >= 4 is 11.9 Å². The fourth-order valence-corrected chi connectivity index (χ4v) is 1.75. The molecule has 0 bridgehead atoms. The van der Waals surface area contributed by atoms with E-state index in [-0.39, 0.29) is 11.9 Å². The number of methoxy groups -OCH3 is 1. The van der Waals surface area contributed by atoms with E-state index in [0.29, 0.717) is 19.6 Å². The van der Waals surface area contributed by atoms with E-state index in [9.17, 15) is 9.59 Å². The zero-order chi connectivity index (χ0) is 12.0. The number of rotatable bonds is 4. The monoisotopic (exact) mass is 229 g/mol. The maximum atomic E-state index is 11.8. The quantitative estimate of drug-likeness (QED) is 0.562. The van der Waals surface area contributed by atoms with Crippen LogP contribution in [0.15, 0.2) is 0 Å². The van der Waals surface area contributed by atoms with Crippen molar-refractivity contribution in [3.8, 4) is 0 Å². The van der Waals surface area contributed by atoms with Gasteiger partial charge in [-0.25, -0.2) is 0 Å². The fourth-order valence-electron chi connectivity index (χ4n) is 1.75. The van der Waals surface area contributed by atoms with Gasteiger partial charge in [-0.05, 0) is 19.3 Å². The average molecular weight is 229 g/mol. The van der Waals surface area contributed by atoms with Crippen LogP contribution in [0.2, 0.25) is 0 Å². The van der Waals surface area contributed by atoms with Gasteiger partial charge in [-0.1, -0.05) is 6.92 Å². The summed E-state index contributed by atoms with van der Waals surface area (Å²) >= 11 is 0. The first-order chi connectivity index (χ1) is 7.69. The van der Waals surface area contributed by atoms with Crippen LogP contribution in [0, 0.1) is 5.92 Å². The normalized spacial score (nSPS) is 18.9. The Labute approximate surface area is 95.5 Å². The van der Waals surface area contributed by atoms with Gasteiger partial charge in [0.15, 0.2) is 0 Å². The summed E-state index contributed by atoms with van der Waals surface area (Å²) in [5.74, 6) is -1.39. The summed E-state index contributed by atoms with van der Waals surface area (Å²) in [4.78, 5) is 23.1. The predicted octanol–water partition coefficient (Wildman–Crippen LogP) is 0.481. The van der Waals surface area contributed by atoms with E-state index in [0.717, 1.165) is 12.8 Å². The second-order valence-electron chi connectivity index (χ2n) is 3.88. The van der Waals surface area contributed by atoms with E-state index >= 15 is 0 Å². The van der Waals surface area contributed by atoms with E-state index in [1.807, 2.05) is 0 Å². The van der Waals surface area contributed by atoms with Crippen LogP contribution in [0.5, 0.6) is 0 Å². The molecule has 0 aromatic carbocycles. The summed E-state index contributed by atoms with van der Waals surface area (Å²) in [5.41, 5.74) is 0. The lowest BCUT2D eigenvalue weighted by molar-refractivity contribution is -0.150. The molecule has 1 saturated heterocycles. The first kappa shape index (κ1) is 13.0. The zero-order valence-electron chi connectivity index (χ0n) is 9.82. The van der Waals surface area contributed by atoms with Crippen molar-refractivity contribution in [2.75, 3.05) is 20.3 Å². The van der Waals surface area contributed by atoms with Crippen LogP contribution in [-0.2, 0) is 19.1 Å². The Bertz CT molecular complexity index is 248. The van der Waals surface area contributed by atoms with E-state index < -0.39 is 11.9 Å². The summed E-state index contributed by atoms with van der Waals surface area (Å²) in [7, 11) is 1.30. The highest BCUT2D eigenvalue weighted by Gasteiger charge is 2.27. The van der Waals surface area contributed by atoms with Crippen LogP contribution in [0.4, 0.5) is 0 Å². The Balaban J connectivity index is 2.45. The van der Waals surface area contributed by atoms with Gasteiger partial charge in [0.25, 0.3) is 0 Å². The van der Waals surface area contributed by atoms with Crippen molar-refractivity contribution in [2.24, 2.45) is 5.92 Å². The lowest BCUT2D eigenvalue weighted by Crippen LogP contribution is -2.44. The zero-order valence-corrected chi connectivity index (χ0v) is 9.82. The van der Waals surface area contributed by atoms with Crippen molar-refractivity contribution in [3.63, 3.8) is 0 Å². The van der Waals surface area contributed by atoms with E-state index in [2.05, 4.69) is 10.1 Å². The van der Waals surface area contributed by atoms with Gasteiger partial charge in [0, 0.05) is 19.3 Å². The molecule has 1 rings (SSSR count). The molecule has 1 aliphatic heterocycles. The number of hydrogen-bond donors (Lipinski definition) is 1. The third-order valence-electron chi connectivity index (χ3n) is 2.78. The summed E-state index contributed by atoms with van der Waals surface area (Å²) < 4.78 is 9.78. The minimum absolute atomic E-state index is 0.125. The number of nitrogens with one attached hydrogen (secondary N) is 1. The van der Waals surface area contributed by atoms with Crippen LogP contribution in [0.3, 0.4) is 0 Å². The van der Waals surface area contributed by atoms with Crippen LogP contribution in [-0.4, -0.2) is 38.2 Å². The molecule has 0 aliphatic carbocycles. The van der Waals surface area contributed by atoms with Crippen molar-refractivity contribution in [1.82, 2.24) is 5.32 Å². The molecule has 1 N–H and O–H groups in total. The third-order valence-corrected chi connectivity index (χ3v) is 2.78. The van der Waals surface area contributed by atoms with Gasteiger partial charge in [-0.3, -0.25) is 9.59 Å². The molecule has 92 valence electrons. The number of carbonyl (C=O) groups is 2. The molecule has 0 aromatic heterocycles. The van der Waals surface area contributed by atoms with Crippen molar-refractivity contribution in [1.29, 1.82) is 0 Å². The molecule has 1 fully saturated rings. The molecule has 1 atom stereocenters. The molecule has 0 radical (unpaired) electrons. The van der Waals surface area contributed by atoms with Crippen molar-refractivity contribution in [3.05, 3.63) is 0 Å². The first-order valence-corrected chi connectivity index (χ1v) is 5.65. The molecule has 16 heavy (non-hydrogen) atoms. The maximum absolute atomic E-state index is 11.8. The topological polar surface area (TPSA) is 64.6 Å². The van der Waals surface area contributed by atoms with Gasteiger partial charge in [0.1, 0.15) is 5.92 Å². The highest BCUT2D eigenvalue weighted by Crippen LogP contribution is 2.10. The van der Waals surface area contributed by atoms with E-state index in [1.165, 1.54) is 7.11 Å². The Morgan fingerprint density at radius 1 is 1.44 bits per heavy atom. The number of esters is 1. The third kappa shape index (κ3) is 3.48. The minimum Gasteiger partial charge on any atom is -0.468 e. The number of hydrogen-bond acceptors (Lipinski definition) is 4. The van der Waals surface area contributed by atoms with Gasteiger partial charge in [-0.2, -0.15) is 0 Å². The average Bonchev–Trinajstić information content (AvgIpc) is 2.31. The molecule has 1 amide bonds. The van der Waals surface area contributed by atoms with E-state index in [1.54, 1.807) is 6.92 Å². The standard InChI is InChI=1S/C11H19NO4/c1-3-9(11(14)15-2)10(13)12-8-4-6-16-7-5-8/h8-9H,3-7H2,1-2H3,(H,12,13). The second kappa shape index (κ2) is 6.48. The highest BCUT2D eigenvalue weighted by atomic mass is 16.5. The smallest absolute Gasteiger partial charge is 0.318 e. The van der Waals surface area contributed by atoms with Crippen molar-refractivity contribution in [2.45, 2.75) is 32.2 Å². The minimum atomic E-state index is -0.687. The fraction of sp³-hybridized carbons (Fsp3) is 0.818. The molecule has 1 unspecified atom stereocenters. The molecular weight excluding hydrogens is 210 g/mol. The molecule has 0 spiro atoms. The Kier molecular flexibility index (Phi) is 5.25. The van der Waals surface area contributed by atoms with Crippen LogP contribution < -0.4 is 5.32 Å². The molecule has 5 nitrogen and oxygen atoms in total. The van der Waals surface area contributed by atoms with Gasteiger partial charge in [0.2, 0.25) is 5.91 Å². The van der Waals surface area contributed by atoms with Crippen LogP contribution in [0.1, 0.15) is 26.2 Å².